The Balaban J connectivity index is 2.74. The number of hydrogen-bond acceptors (Lipinski definition) is 3. The third-order valence-corrected chi connectivity index (χ3v) is 2.71. The predicted octanol–water partition coefficient (Wildman–Crippen LogP) is 0.892. The zero-order valence-electron chi connectivity index (χ0n) is 10.1. The molecule has 1 heterocycles. The summed E-state index contributed by atoms with van der Waals surface area (Å²) in [6.07, 6.45) is 2.99. The molecule has 1 amide bonds. The molecule has 0 fully saturated rings. The highest BCUT2D eigenvalue weighted by Crippen LogP contribution is 2.19. The minimum atomic E-state index is -0.272. The Morgan fingerprint density at radius 2 is 2.35 bits per heavy atom. The number of carbonyl (C=O) groups excluding carboxylic acids is 1. The van der Waals surface area contributed by atoms with Gasteiger partial charge < -0.3 is 10.4 Å². The summed E-state index contributed by atoms with van der Waals surface area (Å²) in [5.74, 6) is -0.272. The highest BCUT2D eigenvalue weighted by atomic mass is 35.5. The first kappa shape index (κ1) is 13.7. The smallest absolute Gasteiger partial charge is 0.244 e. The van der Waals surface area contributed by atoms with Crippen molar-refractivity contribution in [3.63, 3.8) is 0 Å². The molecule has 0 aromatic carbocycles. The highest BCUT2D eigenvalue weighted by Gasteiger charge is 2.08. The van der Waals surface area contributed by atoms with Crippen LogP contribution in [0.15, 0.2) is 6.08 Å². The molecule has 0 aliphatic rings. The molecule has 0 aliphatic heterocycles. The number of halogens is 1. The van der Waals surface area contributed by atoms with Gasteiger partial charge in [-0.2, -0.15) is 5.10 Å². The van der Waals surface area contributed by atoms with E-state index in [1.807, 2.05) is 6.92 Å². The zero-order valence-corrected chi connectivity index (χ0v) is 10.8. The van der Waals surface area contributed by atoms with E-state index in [0.717, 1.165) is 11.3 Å². The lowest BCUT2D eigenvalue weighted by molar-refractivity contribution is -0.117. The zero-order chi connectivity index (χ0) is 13.0. The van der Waals surface area contributed by atoms with Crippen LogP contribution >= 0.6 is 11.6 Å². The van der Waals surface area contributed by atoms with Crippen molar-refractivity contribution in [3.8, 4) is 0 Å². The second-order valence-electron chi connectivity index (χ2n) is 3.84. The van der Waals surface area contributed by atoms with E-state index in [0.29, 0.717) is 5.15 Å². The van der Waals surface area contributed by atoms with Crippen molar-refractivity contribution in [2.45, 2.75) is 19.9 Å². The van der Waals surface area contributed by atoms with Crippen molar-refractivity contribution in [3.05, 3.63) is 22.5 Å². The quantitative estimate of drug-likeness (QED) is 0.788. The van der Waals surface area contributed by atoms with E-state index in [1.165, 1.54) is 6.08 Å². The summed E-state index contributed by atoms with van der Waals surface area (Å²) in [6.45, 7) is 3.44. The van der Waals surface area contributed by atoms with Crippen molar-refractivity contribution in [2.24, 2.45) is 7.05 Å². The minimum Gasteiger partial charge on any atom is -0.394 e. The third kappa shape index (κ3) is 3.57. The topological polar surface area (TPSA) is 67.2 Å². The second-order valence-corrected chi connectivity index (χ2v) is 4.20. The molecule has 1 rings (SSSR count). The fourth-order valence-electron chi connectivity index (χ4n) is 1.33. The molecule has 2 N–H and O–H groups in total. The number of hydrogen-bond donors (Lipinski definition) is 2. The molecular formula is C11H16ClN3O2. The van der Waals surface area contributed by atoms with E-state index in [4.69, 9.17) is 16.7 Å². The van der Waals surface area contributed by atoms with Gasteiger partial charge in [-0.15, -0.1) is 0 Å². The molecule has 94 valence electrons. The molecule has 0 saturated carbocycles. The van der Waals surface area contributed by atoms with Gasteiger partial charge in [0, 0.05) is 24.7 Å². The number of carbonyl (C=O) groups is 1. The van der Waals surface area contributed by atoms with Crippen LogP contribution in [-0.2, 0) is 11.8 Å². The average molecular weight is 258 g/mol. The Morgan fingerprint density at radius 3 is 2.82 bits per heavy atom. The minimum absolute atomic E-state index is 0.0910. The number of nitrogens with one attached hydrogen (secondary N) is 1. The van der Waals surface area contributed by atoms with Crippen LogP contribution in [0.25, 0.3) is 6.08 Å². The average Bonchev–Trinajstić information content (AvgIpc) is 2.51. The second kappa shape index (κ2) is 5.84. The summed E-state index contributed by atoms with van der Waals surface area (Å²) in [7, 11) is 1.74. The van der Waals surface area contributed by atoms with E-state index in [1.54, 1.807) is 24.7 Å². The molecule has 0 unspecified atom stereocenters. The Hall–Kier alpha value is -1.33. The van der Waals surface area contributed by atoms with Crippen LogP contribution in [-0.4, -0.2) is 33.4 Å². The molecule has 1 aromatic rings. The standard InChI is InChI=1S/C11H16ClN3O2/c1-7(6-16)13-10(17)5-4-9-8(2)14-15(3)11(9)12/h4-5,7,16H,6H2,1-3H3,(H,13,17)/t7-/m1/s1. The summed E-state index contributed by atoms with van der Waals surface area (Å²) in [5, 5.41) is 16.0. The van der Waals surface area contributed by atoms with Gasteiger partial charge in [0.05, 0.1) is 12.3 Å². The Labute approximate surface area is 105 Å². The van der Waals surface area contributed by atoms with E-state index in [2.05, 4.69) is 10.4 Å². The first-order chi connectivity index (χ1) is 7.95. The molecule has 1 aromatic heterocycles. The molecule has 0 radical (unpaired) electrons. The van der Waals surface area contributed by atoms with Gasteiger partial charge in [0.15, 0.2) is 0 Å². The molecular weight excluding hydrogens is 242 g/mol. The molecule has 1 atom stereocenters. The van der Waals surface area contributed by atoms with Crippen LogP contribution in [0.4, 0.5) is 0 Å². The number of rotatable bonds is 4. The van der Waals surface area contributed by atoms with Crippen LogP contribution < -0.4 is 5.32 Å². The van der Waals surface area contributed by atoms with Crippen LogP contribution in [0, 0.1) is 6.92 Å². The molecule has 6 heteroatoms. The molecule has 5 nitrogen and oxygen atoms in total. The maximum atomic E-state index is 11.4. The summed E-state index contributed by atoms with van der Waals surface area (Å²) < 4.78 is 1.55. The third-order valence-electron chi connectivity index (χ3n) is 2.26. The fraction of sp³-hybridized carbons (Fsp3) is 0.455. The number of aromatic nitrogens is 2. The van der Waals surface area contributed by atoms with Crippen molar-refractivity contribution < 1.29 is 9.90 Å². The molecule has 0 aliphatic carbocycles. The lowest BCUT2D eigenvalue weighted by Crippen LogP contribution is -2.33. The predicted molar refractivity (Wildman–Crippen MR) is 66.7 cm³/mol. The normalized spacial score (nSPS) is 13.0. The Kier molecular flexibility index (Phi) is 4.72. The lowest BCUT2D eigenvalue weighted by atomic mass is 10.2. The van der Waals surface area contributed by atoms with Crippen LogP contribution in [0.1, 0.15) is 18.2 Å². The monoisotopic (exact) mass is 257 g/mol. The van der Waals surface area contributed by atoms with Crippen molar-refractivity contribution in [1.29, 1.82) is 0 Å². The fourth-order valence-corrected chi connectivity index (χ4v) is 1.57. The van der Waals surface area contributed by atoms with Gasteiger partial charge in [0.2, 0.25) is 5.91 Å². The molecule has 0 bridgehead atoms. The van der Waals surface area contributed by atoms with Crippen molar-refractivity contribution >= 4 is 23.6 Å². The number of amides is 1. The maximum absolute atomic E-state index is 11.4. The number of nitrogens with zero attached hydrogens (tertiary/aromatic N) is 2. The summed E-state index contributed by atoms with van der Waals surface area (Å²) >= 11 is 6.01. The van der Waals surface area contributed by atoms with E-state index in [-0.39, 0.29) is 18.6 Å². The number of aryl methyl sites for hydroxylation is 2. The Morgan fingerprint density at radius 1 is 1.71 bits per heavy atom. The summed E-state index contributed by atoms with van der Waals surface area (Å²) in [4.78, 5) is 11.4. The van der Waals surface area contributed by atoms with Gasteiger partial charge in [-0.1, -0.05) is 11.6 Å². The number of aliphatic hydroxyl groups excluding tert-OH is 1. The Bertz CT molecular complexity index is 440. The van der Waals surface area contributed by atoms with Gasteiger partial charge in [-0.05, 0) is 19.9 Å². The first-order valence-electron chi connectivity index (χ1n) is 5.24. The van der Waals surface area contributed by atoms with E-state index < -0.39 is 0 Å². The summed E-state index contributed by atoms with van der Waals surface area (Å²) in [6, 6.07) is -0.266. The maximum Gasteiger partial charge on any atom is 0.244 e. The lowest BCUT2D eigenvalue weighted by Gasteiger charge is -2.07. The van der Waals surface area contributed by atoms with E-state index >= 15 is 0 Å². The molecule has 17 heavy (non-hydrogen) atoms. The van der Waals surface area contributed by atoms with Crippen LogP contribution in [0.3, 0.4) is 0 Å². The molecule has 0 saturated heterocycles. The SMILES string of the molecule is Cc1nn(C)c(Cl)c1C=CC(=O)N[C@H](C)CO. The van der Waals surface area contributed by atoms with E-state index in [9.17, 15) is 4.79 Å². The van der Waals surface area contributed by atoms with Crippen LogP contribution in [0.5, 0.6) is 0 Å². The first-order valence-corrected chi connectivity index (χ1v) is 5.62. The van der Waals surface area contributed by atoms with Gasteiger partial charge >= 0.3 is 0 Å². The molecule has 0 spiro atoms. The largest absolute Gasteiger partial charge is 0.394 e. The van der Waals surface area contributed by atoms with Gasteiger partial charge in [0.1, 0.15) is 5.15 Å². The number of aliphatic hydroxyl groups is 1. The summed E-state index contributed by atoms with van der Waals surface area (Å²) in [5.41, 5.74) is 1.48. The van der Waals surface area contributed by atoms with Crippen molar-refractivity contribution in [1.82, 2.24) is 15.1 Å². The van der Waals surface area contributed by atoms with Crippen molar-refractivity contribution in [2.75, 3.05) is 6.61 Å². The highest BCUT2D eigenvalue weighted by molar-refractivity contribution is 6.31. The van der Waals surface area contributed by atoms with Gasteiger partial charge in [0.25, 0.3) is 0 Å². The van der Waals surface area contributed by atoms with Gasteiger partial charge in [-0.25, -0.2) is 0 Å². The van der Waals surface area contributed by atoms with Gasteiger partial charge in [-0.3, -0.25) is 9.48 Å². The van der Waals surface area contributed by atoms with Crippen LogP contribution in [0.2, 0.25) is 5.15 Å².